The highest BCUT2D eigenvalue weighted by Crippen LogP contribution is 2.31. The third-order valence-electron chi connectivity index (χ3n) is 3.44. The van der Waals surface area contributed by atoms with Crippen LogP contribution < -0.4 is 0 Å². The van der Waals surface area contributed by atoms with Crippen molar-refractivity contribution in [3.63, 3.8) is 0 Å². The zero-order valence-corrected chi connectivity index (χ0v) is 13.4. The minimum absolute atomic E-state index is 0.00331. The lowest BCUT2D eigenvalue weighted by Crippen LogP contribution is -2.38. The topological polar surface area (TPSA) is 54.5 Å². The standard InChI is InChI=1S/C14H17ClFNO3S/c1-9(2)17(8-10-3-4-10)14(18)11-5-12(16)7-13(6-11)21(15,19)20/h5-7,9-10H,3-4,8H2,1-2H3. The number of carbonyl (C=O) groups is 1. The van der Waals surface area contributed by atoms with Gasteiger partial charge < -0.3 is 4.90 Å². The van der Waals surface area contributed by atoms with Gasteiger partial charge in [-0.3, -0.25) is 4.79 Å². The molecule has 0 bridgehead atoms. The van der Waals surface area contributed by atoms with Crippen LogP contribution in [-0.2, 0) is 9.05 Å². The lowest BCUT2D eigenvalue weighted by Gasteiger charge is -2.27. The summed E-state index contributed by atoms with van der Waals surface area (Å²) in [7, 11) is 1.15. The third kappa shape index (κ3) is 4.17. The molecule has 0 saturated heterocycles. The van der Waals surface area contributed by atoms with Gasteiger partial charge in [-0.15, -0.1) is 0 Å². The van der Waals surface area contributed by atoms with E-state index < -0.39 is 19.8 Å². The maximum atomic E-state index is 13.6. The molecule has 1 fully saturated rings. The number of hydrogen-bond donors (Lipinski definition) is 0. The van der Waals surface area contributed by atoms with Crippen LogP contribution in [0, 0.1) is 11.7 Å². The van der Waals surface area contributed by atoms with Crippen LogP contribution in [0.15, 0.2) is 23.1 Å². The Morgan fingerprint density at radius 3 is 2.48 bits per heavy atom. The second-order valence-corrected chi connectivity index (χ2v) is 8.17. The molecule has 0 aromatic heterocycles. The molecule has 0 spiro atoms. The molecule has 0 N–H and O–H groups in total. The van der Waals surface area contributed by atoms with Crippen LogP contribution in [0.3, 0.4) is 0 Å². The highest BCUT2D eigenvalue weighted by molar-refractivity contribution is 8.13. The maximum absolute atomic E-state index is 13.6. The second kappa shape index (κ2) is 5.93. The zero-order chi connectivity index (χ0) is 15.8. The average Bonchev–Trinajstić information content (AvgIpc) is 3.17. The van der Waals surface area contributed by atoms with Crippen molar-refractivity contribution in [1.29, 1.82) is 0 Å². The van der Waals surface area contributed by atoms with Gasteiger partial charge in [-0.1, -0.05) is 0 Å². The Morgan fingerprint density at radius 1 is 1.38 bits per heavy atom. The van der Waals surface area contributed by atoms with E-state index in [1.165, 1.54) is 0 Å². The van der Waals surface area contributed by atoms with Crippen molar-refractivity contribution >= 4 is 25.6 Å². The molecule has 116 valence electrons. The number of amides is 1. The van der Waals surface area contributed by atoms with Crippen molar-refractivity contribution in [2.45, 2.75) is 37.6 Å². The number of carbonyl (C=O) groups excluding carboxylic acids is 1. The first kappa shape index (κ1) is 16.2. The van der Waals surface area contributed by atoms with E-state index in [-0.39, 0.29) is 17.5 Å². The molecule has 1 aromatic rings. The summed E-state index contributed by atoms with van der Waals surface area (Å²) in [6, 6.07) is 2.92. The van der Waals surface area contributed by atoms with Gasteiger partial charge in [0.05, 0.1) is 4.90 Å². The van der Waals surface area contributed by atoms with E-state index in [1.807, 2.05) is 13.8 Å². The first-order valence-corrected chi connectivity index (χ1v) is 9.05. The Bertz CT molecular complexity index is 656. The average molecular weight is 334 g/mol. The minimum Gasteiger partial charge on any atom is -0.336 e. The molecule has 0 aliphatic heterocycles. The highest BCUT2D eigenvalue weighted by Gasteiger charge is 2.29. The summed E-state index contributed by atoms with van der Waals surface area (Å²) in [5, 5.41) is 0. The predicted octanol–water partition coefficient (Wildman–Crippen LogP) is 3.01. The predicted molar refractivity (Wildman–Crippen MR) is 78.3 cm³/mol. The van der Waals surface area contributed by atoms with Crippen LogP contribution in [0.25, 0.3) is 0 Å². The fraction of sp³-hybridized carbons (Fsp3) is 0.500. The zero-order valence-electron chi connectivity index (χ0n) is 11.8. The molecule has 7 heteroatoms. The van der Waals surface area contributed by atoms with Gasteiger partial charge in [-0.05, 0) is 50.8 Å². The van der Waals surface area contributed by atoms with Crippen molar-refractivity contribution < 1.29 is 17.6 Å². The molecule has 4 nitrogen and oxygen atoms in total. The normalized spacial score (nSPS) is 15.3. The summed E-state index contributed by atoms with van der Waals surface area (Å²) < 4.78 is 36.2. The Labute approximate surface area is 128 Å². The van der Waals surface area contributed by atoms with E-state index in [9.17, 15) is 17.6 Å². The summed E-state index contributed by atoms with van der Waals surface area (Å²) in [6.45, 7) is 4.35. The van der Waals surface area contributed by atoms with E-state index in [0.717, 1.165) is 31.0 Å². The first-order chi connectivity index (χ1) is 9.68. The van der Waals surface area contributed by atoms with E-state index in [4.69, 9.17) is 10.7 Å². The molecule has 1 aliphatic carbocycles. The molecular formula is C14H17ClFNO3S. The van der Waals surface area contributed by atoms with Gasteiger partial charge in [0, 0.05) is 28.8 Å². The molecule has 2 rings (SSSR count). The lowest BCUT2D eigenvalue weighted by molar-refractivity contribution is 0.0695. The van der Waals surface area contributed by atoms with Gasteiger partial charge in [-0.25, -0.2) is 12.8 Å². The van der Waals surface area contributed by atoms with E-state index >= 15 is 0 Å². The number of halogens is 2. The van der Waals surface area contributed by atoms with Gasteiger partial charge in [0.15, 0.2) is 0 Å². The highest BCUT2D eigenvalue weighted by atomic mass is 35.7. The summed E-state index contributed by atoms with van der Waals surface area (Å²) in [5.41, 5.74) is 0.00331. The molecule has 0 unspecified atom stereocenters. The maximum Gasteiger partial charge on any atom is 0.261 e. The lowest BCUT2D eigenvalue weighted by atomic mass is 10.1. The Kier molecular flexibility index (Phi) is 4.58. The van der Waals surface area contributed by atoms with Crippen molar-refractivity contribution in [2.24, 2.45) is 5.92 Å². The molecule has 1 aliphatic rings. The van der Waals surface area contributed by atoms with E-state index in [1.54, 1.807) is 4.90 Å². The Balaban J connectivity index is 2.34. The van der Waals surface area contributed by atoms with Crippen LogP contribution in [0.5, 0.6) is 0 Å². The molecule has 1 amide bonds. The molecule has 0 radical (unpaired) electrons. The fourth-order valence-corrected chi connectivity index (χ4v) is 2.89. The minimum atomic E-state index is -4.08. The van der Waals surface area contributed by atoms with Crippen LogP contribution in [0.4, 0.5) is 4.39 Å². The smallest absolute Gasteiger partial charge is 0.261 e. The fourth-order valence-electron chi connectivity index (χ4n) is 2.10. The number of benzene rings is 1. The van der Waals surface area contributed by atoms with Crippen LogP contribution >= 0.6 is 10.7 Å². The van der Waals surface area contributed by atoms with Crippen molar-refractivity contribution in [3.05, 3.63) is 29.6 Å². The number of nitrogens with zero attached hydrogens (tertiary/aromatic N) is 1. The molecule has 1 saturated carbocycles. The number of rotatable bonds is 5. The van der Waals surface area contributed by atoms with Gasteiger partial charge in [0.25, 0.3) is 15.0 Å². The van der Waals surface area contributed by atoms with Crippen LogP contribution in [0.1, 0.15) is 37.0 Å². The van der Waals surface area contributed by atoms with Crippen molar-refractivity contribution in [1.82, 2.24) is 4.90 Å². The second-order valence-electron chi connectivity index (χ2n) is 5.61. The van der Waals surface area contributed by atoms with Gasteiger partial charge in [-0.2, -0.15) is 0 Å². The third-order valence-corrected chi connectivity index (χ3v) is 4.77. The number of hydrogen-bond acceptors (Lipinski definition) is 3. The largest absolute Gasteiger partial charge is 0.336 e. The summed E-state index contributed by atoms with van der Waals surface area (Å²) in [4.78, 5) is 13.7. The van der Waals surface area contributed by atoms with Crippen molar-refractivity contribution in [2.75, 3.05) is 6.54 Å². The van der Waals surface area contributed by atoms with Gasteiger partial charge >= 0.3 is 0 Å². The summed E-state index contributed by atoms with van der Waals surface area (Å²) >= 11 is 0. The summed E-state index contributed by atoms with van der Waals surface area (Å²) in [5.74, 6) is -0.686. The van der Waals surface area contributed by atoms with Gasteiger partial charge in [0.2, 0.25) is 0 Å². The Hall–Kier alpha value is -1.14. The quantitative estimate of drug-likeness (QED) is 0.778. The summed E-state index contributed by atoms with van der Waals surface area (Å²) in [6.07, 6.45) is 2.17. The van der Waals surface area contributed by atoms with Crippen molar-refractivity contribution in [3.8, 4) is 0 Å². The van der Waals surface area contributed by atoms with E-state index in [2.05, 4.69) is 0 Å². The molecule has 0 atom stereocenters. The molecular weight excluding hydrogens is 317 g/mol. The first-order valence-electron chi connectivity index (χ1n) is 6.74. The Morgan fingerprint density at radius 2 is 2.00 bits per heavy atom. The van der Waals surface area contributed by atoms with E-state index in [0.29, 0.717) is 12.5 Å². The monoisotopic (exact) mass is 333 g/mol. The SMILES string of the molecule is CC(C)N(CC1CC1)C(=O)c1cc(F)cc(S(=O)(=O)Cl)c1. The molecule has 21 heavy (non-hydrogen) atoms. The van der Waals surface area contributed by atoms with Crippen LogP contribution in [-0.4, -0.2) is 31.8 Å². The van der Waals surface area contributed by atoms with Crippen LogP contribution in [0.2, 0.25) is 0 Å². The molecule has 0 heterocycles. The van der Waals surface area contributed by atoms with Gasteiger partial charge in [0.1, 0.15) is 5.82 Å². The molecule has 1 aromatic carbocycles.